The molecule has 0 aromatic heterocycles. The number of aryl methyl sites for hydroxylation is 1. The van der Waals surface area contributed by atoms with Gasteiger partial charge in [0.1, 0.15) is 5.69 Å². The minimum Gasteiger partial charge on any atom is -0.372 e. The maximum atomic E-state index is 11.4. The lowest BCUT2D eigenvalue weighted by atomic mass is 9.76. The molecule has 1 aliphatic carbocycles. The highest BCUT2D eigenvalue weighted by atomic mass is 16.6. The Labute approximate surface area is 141 Å². The van der Waals surface area contributed by atoms with Crippen LogP contribution in [0, 0.1) is 16.0 Å². The number of benzene rings is 2. The predicted molar refractivity (Wildman–Crippen MR) is 95.3 cm³/mol. The van der Waals surface area contributed by atoms with Crippen LogP contribution in [0.2, 0.25) is 0 Å². The van der Waals surface area contributed by atoms with Crippen molar-refractivity contribution in [1.29, 1.82) is 0 Å². The van der Waals surface area contributed by atoms with Crippen LogP contribution < -0.4 is 5.32 Å². The van der Waals surface area contributed by atoms with Gasteiger partial charge in [-0.3, -0.25) is 10.1 Å². The average molecular weight is 320 g/mol. The first-order valence-electron chi connectivity index (χ1n) is 8.48. The third-order valence-corrected chi connectivity index (χ3v) is 5.32. The minimum atomic E-state index is -0.290. The van der Waals surface area contributed by atoms with Gasteiger partial charge in [-0.2, -0.15) is 0 Å². The maximum absolute atomic E-state index is 11.4. The molecule has 24 heavy (non-hydrogen) atoms. The Morgan fingerprint density at radius 3 is 2.71 bits per heavy atom. The van der Waals surface area contributed by atoms with E-state index in [2.05, 4.69) is 48.7 Å². The summed E-state index contributed by atoms with van der Waals surface area (Å²) >= 11 is 0. The molecule has 0 radical (unpaired) electrons. The molecule has 4 nitrogen and oxygen atoms in total. The van der Waals surface area contributed by atoms with Gasteiger partial charge in [-0.25, -0.2) is 0 Å². The Balaban J connectivity index is 1.79. The van der Waals surface area contributed by atoms with Crippen LogP contribution >= 0.6 is 0 Å². The number of nitro groups is 1. The summed E-state index contributed by atoms with van der Waals surface area (Å²) in [6.07, 6.45) is 6.43. The van der Waals surface area contributed by atoms with E-state index in [1.54, 1.807) is 12.1 Å². The molecule has 3 atom stereocenters. The van der Waals surface area contributed by atoms with Gasteiger partial charge >= 0.3 is 0 Å². The lowest BCUT2D eigenvalue weighted by Gasteiger charge is -2.37. The van der Waals surface area contributed by atoms with Crippen molar-refractivity contribution in [3.63, 3.8) is 0 Å². The van der Waals surface area contributed by atoms with Crippen molar-refractivity contribution in [3.05, 3.63) is 81.4 Å². The number of hydrogen-bond acceptors (Lipinski definition) is 3. The number of rotatable bonds is 3. The summed E-state index contributed by atoms with van der Waals surface area (Å²) in [6.45, 7) is 2.14. The van der Waals surface area contributed by atoms with Crippen LogP contribution in [-0.2, 0) is 6.42 Å². The fraction of sp³-hybridized carbons (Fsp3) is 0.300. The molecule has 0 fully saturated rings. The second kappa shape index (κ2) is 5.78. The van der Waals surface area contributed by atoms with Crippen molar-refractivity contribution in [1.82, 2.24) is 0 Å². The number of hydrogen-bond donors (Lipinski definition) is 1. The molecule has 2 aromatic carbocycles. The van der Waals surface area contributed by atoms with E-state index < -0.39 is 0 Å². The normalized spacial score (nSPS) is 24.1. The Kier molecular flexibility index (Phi) is 3.60. The van der Waals surface area contributed by atoms with E-state index in [0.29, 0.717) is 11.6 Å². The molecule has 1 aliphatic heterocycles. The molecule has 0 saturated carbocycles. The third kappa shape index (κ3) is 2.30. The van der Waals surface area contributed by atoms with E-state index in [9.17, 15) is 10.1 Å². The van der Waals surface area contributed by atoms with Crippen LogP contribution in [0.4, 0.5) is 11.4 Å². The highest BCUT2D eigenvalue weighted by Gasteiger charge is 2.40. The molecule has 4 heteroatoms. The van der Waals surface area contributed by atoms with Crippen LogP contribution in [0.15, 0.2) is 54.6 Å². The number of allylic oxidation sites excluding steroid dienone is 2. The molecular formula is C20H20N2O2. The molecule has 0 spiro atoms. The zero-order chi connectivity index (χ0) is 16.7. The van der Waals surface area contributed by atoms with Gasteiger partial charge in [0.15, 0.2) is 0 Å². The van der Waals surface area contributed by atoms with E-state index in [1.807, 2.05) is 6.07 Å². The van der Waals surface area contributed by atoms with Crippen LogP contribution in [0.25, 0.3) is 0 Å². The Morgan fingerprint density at radius 1 is 1.21 bits per heavy atom. The molecule has 1 N–H and O–H groups in total. The van der Waals surface area contributed by atoms with E-state index in [0.717, 1.165) is 18.4 Å². The highest BCUT2D eigenvalue weighted by molar-refractivity contribution is 5.71. The quantitative estimate of drug-likeness (QED) is 0.493. The third-order valence-electron chi connectivity index (χ3n) is 5.32. The van der Waals surface area contributed by atoms with Gasteiger partial charge in [-0.1, -0.05) is 55.5 Å². The van der Waals surface area contributed by atoms with E-state index >= 15 is 0 Å². The average Bonchev–Trinajstić information content (AvgIpc) is 3.10. The van der Waals surface area contributed by atoms with Crippen LogP contribution in [-0.4, -0.2) is 4.92 Å². The molecule has 0 unspecified atom stereocenters. The standard InChI is InChI=1S/C20H20N2O2/c1-2-13-9-11-14(12-10-13)19-16-6-3-5-15(16)17-7-4-8-18(22(23)24)20(17)21-19/h3-5,7-12,15-16,19,21H,2,6H2,1H3/t15-,16+,19-/m0/s1. The molecule has 2 aliphatic rings. The van der Waals surface area contributed by atoms with Gasteiger partial charge in [0, 0.05) is 12.0 Å². The first kappa shape index (κ1) is 14.9. The number of nitro benzene ring substituents is 1. The zero-order valence-electron chi connectivity index (χ0n) is 13.6. The highest BCUT2D eigenvalue weighted by Crippen LogP contribution is 2.51. The van der Waals surface area contributed by atoms with Crippen molar-refractivity contribution in [2.24, 2.45) is 5.92 Å². The van der Waals surface area contributed by atoms with Crippen molar-refractivity contribution in [2.45, 2.75) is 31.7 Å². The van der Waals surface area contributed by atoms with Crippen LogP contribution in [0.1, 0.15) is 42.0 Å². The topological polar surface area (TPSA) is 55.2 Å². The van der Waals surface area contributed by atoms with Gasteiger partial charge in [0.25, 0.3) is 5.69 Å². The maximum Gasteiger partial charge on any atom is 0.292 e. The summed E-state index contributed by atoms with van der Waals surface area (Å²) in [5, 5.41) is 14.9. The fourth-order valence-electron chi connectivity index (χ4n) is 4.05. The SMILES string of the molecule is CCc1ccc([C@@H]2Nc3c(cccc3[N+](=O)[O-])[C@H]3C=CC[C@H]32)cc1. The first-order chi connectivity index (χ1) is 11.7. The van der Waals surface area contributed by atoms with E-state index in [1.165, 1.54) is 11.1 Å². The molecule has 2 aromatic rings. The number of nitrogens with one attached hydrogen (secondary N) is 1. The van der Waals surface area contributed by atoms with Crippen LogP contribution in [0.5, 0.6) is 0 Å². The van der Waals surface area contributed by atoms with Crippen molar-refractivity contribution >= 4 is 11.4 Å². The number of nitrogens with zero attached hydrogens (tertiary/aromatic N) is 1. The van der Waals surface area contributed by atoms with Gasteiger partial charge in [0.05, 0.1) is 11.0 Å². The largest absolute Gasteiger partial charge is 0.372 e. The molecular weight excluding hydrogens is 300 g/mol. The number of fused-ring (bicyclic) bond motifs is 3. The minimum absolute atomic E-state index is 0.101. The summed E-state index contributed by atoms with van der Waals surface area (Å²) < 4.78 is 0. The van der Waals surface area contributed by atoms with Gasteiger partial charge < -0.3 is 5.32 Å². The number of anilines is 1. The molecule has 0 amide bonds. The smallest absolute Gasteiger partial charge is 0.292 e. The summed E-state index contributed by atoms with van der Waals surface area (Å²) in [5.74, 6) is 0.656. The summed E-state index contributed by atoms with van der Waals surface area (Å²) in [6, 6.07) is 14.1. The molecule has 1 heterocycles. The van der Waals surface area contributed by atoms with Crippen LogP contribution in [0.3, 0.4) is 0 Å². The lowest BCUT2D eigenvalue weighted by Crippen LogP contribution is -2.29. The van der Waals surface area contributed by atoms with Gasteiger partial charge in [-0.05, 0) is 35.4 Å². The summed E-state index contributed by atoms with van der Waals surface area (Å²) in [4.78, 5) is 11.1. The predicted octanol–water partition coefficient (Wildman–Crippen LogP) is 4.98. The van der Waals surface area contributed by atoms with Crippen molar-refractivity contribution in [2.75, 3.05) is 5.32 Å². The fourth-order valence-corrected chi connectivity index (χ4v) is 4.05. The van der Waals surface area contributed by atoms with Gasteiger partial charge in [0.2, 0.25) is 0 Å². The molecule has 122 valence electrons. The monoisotopic (exact) mass is 320 g/mol. The Morgan fingerprint density at radius 2 is 2.00 bits per heavy atom. The molecule has 0 bridgehead atoms. The second-order valence-electron chi connectivity index (χ2n) is 6.57. The zero-order valence-corrected chi connectivity index (χ0v) is 13.6. The molecule has 4 rings (SSSR count). The molecule has 0 saturated heterocycles. The first-order valence-corrected chi connectivity index (χ1v) is 8.48. The Hall–Kier alpha value is -2.62. The summed E-state index contributed by atoms with van der Waals surface area (Å²) in [5.41, 5.74) is 4.41. The van der Waals surface area contributed by atoms with E-state index in [4.69, 9.17) is 0 Å². The lowest BCUT2D eigenvalue weighted by molar-refractivity contribution is -0.384. The summed E-state index contributed by atoms with van der Waals surface area (Å²) in [7, 11) is 0. The van der Waals surface area contributed by atoms with Gasteiger partial charge in [-0.15, -0.1) is 0 Å². The number of para-hydroxylation sites is 1. The van der Waals surface area contributed by atoms with Crippen molar-refractivity contribution < 1.29 is 4.92 Å². The van der Waals surface area contributed by atoms with E-state index in [-0.39, 0.29) is 22.6 Å². The van der Waals surface area contributed by atoms with Crippen molar-refractivity contribution in [3.8, 4) is 0 Å². The Bertz CT molecular complexity index is 811. The second-order valence-corrected chi connectivity index (χ2v) is 6.57.